The molecule has 12 heavy (non-hydrogen) atoms. The second-order valence-corrected chi connectivity index (χ2v) is 2.57. The van der Waals surface area contributed by atoms with Crippen molar-refractivity contribution in [2.45, 2.75) is 6.54 Å². The van der Waals surface area contributed by atoms with Gasteiger partial charge in [0.25, 0.3) is 5.91 Å². The Kier molecular flexibility index (Phi) is 1.40. The van der Waals surface area contributed by atoms with Gasteiger partial charge in [0.2, 0.25) is 0 Å². The zero-order chi connectivity index (χ0) is 8.55. The maximum atomic E-state index is 10.7. The molecular weight excluding hydrogens is 154 g/mol. The Bertz CT molecular complexity index is 371. The molecule has 0 bridgehead atoms. The molecule has 0 aromatic carbocycles. The molecule has 1 aromatic heterocycles. The SMILES string of the molecule is NC(=O)c1ccc2c(n1)C=NC2. The molecule has 0 fully saturated rings. The van der Waals surface area contributed by atoms with Gasteiger partial charge in [0, 0.05) is 11.8 Å². The smallest absolute Gasteiger partial charge is 0.267 e. The fourth-order valence-corrected chi connectivity index (χ4v) is 1.12. The largest absolute Gasteiger partial charge is 0.364 e. The maximum absolute atomic E-state index is 10.7. The fourth-order valence-electron chi connectivity index (χ4n) is 1.12. The van der Waals surface area contributed by atoms with Gasteiger partial charge in [-0.15, -0.1) is 0 Å². The number of fused-ring (bicyclic) bond motifs is 1. The van der Waals surface area contributed by atoms with Crippen LogP contribution in [0, 0.1) is 0 Å². The number of rotatable bonds is 1. The average Bonchev–Trinajstić information content (AvgIpc) is 2.49. The first kappa shape index (κ1) is 6.97. The summed E-state index contributed by atoms with van der Waals surface area (Å²) < 4.78 is 0. The predicted molar refractivity (Wildman–Crippen MR) is 44.1 cm³/mol. The van der Waals surface area contributed by atoms with Crippen molar-refractivity contribution in [3.05, 3.63) is 29.1 Å². The number of hydrogen-bond acceptors (Lipinski definition) is 3. The predicted octanol–water partition coefficient (Wildman–Crippen LogP) is 0.113. The molecule has 1 aromatic rings. The average molecular weight is 161 g/mol. The first-order valence-corrected chi connectivity index (χ1v) is 3.57. The third-order valence-corrected chi connectivity index (χ3v) is 1.74. The summed E-state index contributed by atoms with van der Waals surface area (Å²) in [5.41, 5.74) is 7.15. The van der Waals surface area contributed by atoms with Crippen LogP contribution >= 0.6 is 0 Å². The Morgan fingerprint density at radius 2 is 2.33 bits per heavy atom. The topological polar surface area (TPSA) is 68.3 Å². The first-order chi connectivity index (χ1) is 5.77. The van der Waals surface area contributed by atoms with Crippen LogP contribution in [0.5, 0.6) is 0 Å². The van der Waals surface area contributed by atoms with Crippen molar-refractivity contribution in [1.29, 1.82) is 0 Å². The van der Waals surface area contributed by atoms with E-state index >= 15 is 0 Å². The van der Waals surface area contributed by atoms with Gasteiger partial charge in [0.05, 0.1) is 12.2 Å². The number of amides is 1. The van der Waals surface area contributed by atoms with E-state index in [-0.39, 0.29) is 0 Å². The van der Waals surface area contributed by atoms with Crippen LogP contribution in [0.3, 0.4) is 0 Å². The number of aliphatic imine (C=N–C) groups is 1. The zero-order valence-electron chi connectivity index (χ0n) is 6.32. The molecule has 0 unspecified atom stereocenters. The molecule has 0 spiro atoms. The molecule has 1 aliphatic rings. The van der Waals surface area contributed by atoms with Crippen LogP contribution in [-0.4, -0.2) is 17.1 Å². The van der Waals surface area contributed by atoms with Gasteiger partial charge in [-0.25, -0.2) is 4.98 Å². The Labute approximate surface area is 69.1 Å². The highest BCUT2D eigenvalue weighted by Crippen LogP contribution is 2.12. The molecule has 2 rings (SSSR count). The van der Waals surface area contributed by atoms with Gasteiger partial charge >= 0.3 is 0 Å². The van der Waals surface area contributed by atoms with Gasteiger partial charge in [0.15, 0.2) is 0 Å². The highest BCUT2D eigenvalue weighted by atomic mass is 16.1. The number of primary amides is 1. The van der Waals surface area contributed by atoms with E-state index in [2.05, 4.69) is 9.98 Å². The Morgan fingerprint density at radius 3 is 3.08 bits per heavy atom. The van der Waals surface area contributed by atoms with Gasteiger partial charge in [-0.05, 0) is 6.07 Å². The van der Waals surface area contributed by atoms with Crippen LogP contribution in [-0.2, 0) is 6.54 Å². The molecular formula is C8H7N3O. The van der Waals surface area contributed by atoms with E-state index in [0.29, 0.717) is 12.2 Å². The number of nitrogens with two attached hydrogens (primary N) is 1. The van der Waals surface area contributed by atoms with Crippen LogP contribution in [0.2, 0.25) is 0 Å². The highest BCUT2D eigenvalue weighted by molar-refractivity contribution is 5.92. The molecule has 4 heteroatoms. The molecule has 2 N–H and O–H groups in total. The van der Waals surface area contributed by atoms with Gasteiger partial charge < -0.3 is 5.73 Å². The molecule has 1 aliphatic heterocycles. The van der Waals surface area contributed by atoms with Crippen molar-refractivity contribution in [1.82, 2.24) is 4.98 Å². The lowest BCUT2D eigenvalue weighted by Gasteiger charge is -1.97. The van der Waals surface area contributed by atoms with E-state index in [1.165, 1.54) is 0 Å². The van der Waals surface area contributed by atoms with Crippen LogP contribution in [0.1, 0.15) is 21.7 Å². The third-order valence-electron chi connectivity index (χ3n) is 1.74. The molecule has 0 saturated heterocycles. The number of carbonyl (C=O) groups is 1. The van der Waals surface area contributed by atoms with Crippen molar-refractivity contribution in [2.24, 2.45) is 10.7 Å². The Hall–Kier alpha value is -1.71. The van der Waals surface area contributed by atoms with Gasteiger partial charge in [0.1, 0.15) is 5.69 Å². The number of nitrogens with zero attached hydrogens (tertiary/aromatic N) is 2. The van der Waals surface area contributed by atoms with Crippen LogP contribution in [0.25, 0.3) is 0 Å². The van der Waals surface area contributed by atoms with E-state index in [0.717, 1.165) is 11.3 Å². The van der Waals surface area contributed by atoms with E-state index in [4.69, 9.17) is 5.73 Å². The first-order valence-electron chi connectivity index (χ1n) is 3.57. The van der Waals surface area contributed by atoms with Gasteiger partial charge in [-0.1, -0.05) is 6.07 Å². The Morgan fingerprint density at radius 1 is 1.50 bits per heavy atom. The summed E-state index contributed by atoms with van der Waals surface area (Å²) in [6.07, 6.45) is 1.65. The van der Waals surface area contributed by atoms with Crippen molar-refractivity contribution in [2.75, 3.05) is 0 Å². The summed E-state index contributed by atoms with van der Waals surface area (Å²) in [7, 11) is 0. The number of carbonyl (C=O) groups excluding carboxylic acids is 1. The normalized spacial score (nSPS) is 13.0. The van der Waals surface area contributed by atoms with Gasteiger partial charge in [-0.3, -0.25) is 9.79 Å². The minimum atomic E-state index is -0.502. The molecule has 1 amide bonds. The summed E-state index contributed by atoms with van der Waals surface area (Å²) >= 11 is 0. The lowest BCUT2D eigenvalue weighted by Crippen LogP contribution is -2.13. The van der Waals surface area contributed by atoms with Crippen molar-refractivity contribution in [3.63, 3.8) is 0 Å². The maximum Gasteiger partial charge on any atom is 0.267 e. The summed E-state index contributed by atoms with van der Waals surface area (Å²) in [4.78, 5) is 18.8. The summed E-state index contributed by atoms with van der Waals surface area (Å²) in [6, 6.07) is 3.45. The summed E-state index contributed by atoms with van der Waals surface area (Å²) in [5.74, 6) is -0.502. The number of hydrogen-bond donors (Lipinski definition) is 1. The third kappa shape index (κ3) is 0.972. The molecule has 60 valence electrons. The number of pyridine rings is 1. The highest BCUT2D eigenvalue weighted by Gasteiger charge is 2.10. The summed E-state index contributed by atoms with van der Waals surface area (Å²) in [5, 5.41) is 0. The second kappa shape index (κ2) is 2.41. The molecule has 4 nitrogen and oxygen atoms in total. The molecule has 0 aliphatic carbocycles. The standard InChI is InChI=1S/C8H7N3O/c9-8(12)6-2-1-5-3-10-4-7(5)11-6/h1-2,4H,3H2,(H2,9,12). The van der Waals surface area contributed by atoms with Crippen molar-refractivity contribution >= 4 is 12.1 Å². The van der Waals surface area contributed by atoms with Crippen LogP contribution in [0.4, 0.5) is 0 Å². The molecule has 0 radical (unpaired) electrons. The van der Waals surface area contributed by atoms with E-state index in [9.17, 15) is 4.79 Å². The number of aromatic nitrogens is 1. The van der Waals surface area contributed by atoms with Crippen molar-refractivity contribution < 1.29 is 4.79 Å². The summed E-state index contributed by atoms with van der Waals surface area (Å²) in [6.45, 7) is 0.654. The van der Waals surface area contributed by atoms with E-state index in [1.807, 2.05) is 6.07 Å². The monoisotopic (exact) mass is 161 g/mol. The second-order valence-electron chi connectivity index (χ2n) is 2.57. The van der Waals surface area contributed by atoms with Crippen LogP contribution in [0.15, 0.2) is 17.1 Å². The van der Waals surface area contributed by atoms with Crippen molar-refractivity contribution in [3.8, 4) is 0 Å². The van der Waals surface area contributed by atoms with Crippen LogP contribution < -0.4 is 5.73 Å². The van der Waals surface area contributed by atoms with Gasteiger partial charge in [-0.2, -0.15) is 0 Å². The quantitative estimate of drug-likeness (QED) is 0.635. The molecule has 0 atom stereocenters. The van der Waals surface area contributed by atoms with E-state index < -0.39 is 5.91 Å². The molecule has 0 saturated carbocycles. The minimum Gasteiger partial charge on any atom is -0.364 e. The molecule has 2 heterocycles. The van der Waals surface area contributed by atoms with E-state index in [1.54, 1.807) is 12.3 Å². The Balaban J connectivity index is 2.51. The lowest BCUT2D eigenvalue weighted by molar-refractivity contribution is 0.0995. The minimum absolute atomic E-state index is 0.294. The fraction of sp³-hybridized carbons (Fsp3) is 0.125. The lowest BCUT2D eigenvalue weighted by atomic mass is 10.2. The zero-order valence-corrected chi connectivity index (χ0v) is 6.32.